The molecule has 12 aromatic carbocycles. The number of benzene rings is 12. The molecule has 79 heavy (non-hydrogen) atoms. The normalized spacial score (nSPS) is 13.2. The summed E-state index contributed by atoms with van der Waals surface area (Å²) in [6.07, 6.45) is 1.07. The molecule has 3 aliphatic rings. The topological polar surface area (TPSA) is 3.24 Å². The molecule has 3 aliphatic carbocycles. The molecular weight excluding hydrogens is 1200 g/mol. The van der Waals surface area contributed by atoms with Crippen LogP contribution in [0.15, 0.2) is 312 Å². The summed E-state index contributed by atoms with van der Waals surface area (Å²) in [4.78, 5) is 2.40. The summed E-state index contributed by atoms with van der Waals surface area (Å²) in [5.41, 5.74) is 24.1. The molecule has 0 amide bonds. The van der Waals surface area contributed by atoms with E-state index in [2.05, 4.69) is 363 Å². The van der Waals surface area contributed by atoms with Crippen LogP contribution in [0.3, 0.4) is 0 Å². The third-order valence-electron chi connectivity index (χ3n) is 16.0. The summed E-state index contributed by atoms with van der Waals surface area (Å²) < 4.78 is 3.53. The number of nitrogens with zero attached hydrogens (tertiary/aromatic N) is 1. The lowest BCUT2D eigenvalue weighted by Gasteiger charge is -2.37. The molecule has 0 bridgehead atoms. The van der Waals surface area contributed by atoms with Crippen molar-refractivity contribution in [2.24, 2.45) is 0 Å². The second kappa shape index (κ2) is 21.8. The number of hydrogen-bond donors (Lipinski definition) is 0. The van der Waals surface area contributed by atoms with Gasteiger partial charge in [0.25, 0.3) is 0 Å². The Balaban J connectivity index is 0.000000126. The highest BCUT2D eigenvalue weighted by Gasteiger charge is 2.49. The van der Waals surface area contributed by atoms with Crippen molar-refractivity contribution in [3.05, 3.63) is 371 Å². The first-order valence-corrected chi connectivity index (χ1v) is 29.4. The third kappa shape index (κ3) is 8.82. The summed E-state index contributed by atoms with van der Waals surface area (Å²) in [5, 5.41) is 0. The van der Waals surface area contributed by atoms with Crippen LogP contribution in [0.2, 0.25) is 0 Å². The van der Waals surface area contributed by atoms with Gasteiger partial charge in [-0.15, -0.1) is 0 Å². The first-order valence-electron chi connectivity index (χ1n) is 26.8. The standard InChI is InChI=1S/C37H26BrN.C25H17I.C13H9Br/c38-29-18-12-21-31(26-29)39(30-19-8-3-9-20-30)35-25-13-23-33-32-22-10-11-24-34(32)37(36(33)35,27-14-4-1-5-15-27)28-16-6-2-7-17-28;26-23-17-9-15-21-20-14-7-8-16-22(20)25(24(21)23,18-10-3-1-4-11-18)19-12-5-2-6-13-19;14-11-5-6-13-10(8-11)7-9-3-1-2-4-12(9)13/h1-26H;1-17H;1-6,8H,7H2. The van der Waals surface area contributed by atoms with Crippen molar-refractivity contribution in [2.75, 3.05) is 4.90 Å². The molecule has 0 heterocycles. The average Bonchev–Trinajstić information content (AvgIpc) is 4.32. The van der Waals surface area contributed by atoms with Crippen LogP contribution in [0.25, 0.3) is 33.4 Å². The predicted octanol–water partition coefficient (Wildman–Crippen LogP) is 21.0. The van der Waals surface area contributed by atoms with E-state index in [0.717, 1.165) is 22.3 Å². The van der Waals surface area contributed by atoms with Crippen molar-refractivity contribution < 1.29 is 0 Å². The van der Waals surface area contributed by atoms with Gasteiger partial charge in [-0.3, -0.25) is 0 Å². The van der Waals surface area contributed by atoms with Crippen LogP contribution >= 0.6 is 54.5 Å². The van der Waals surface area contributed by atoms with E-state index in [-0.39, 0.29) is 5.41 Å². The van der Waals surface area contributed by atoms with Gasteiger partial charge in [-0.25, -0.2) is 0 Å². The number of halogens is 3. The van der Waals surface area contributed by atoms with Crippen LogP contribution in [-0.2, 0) is 17.3 Å². The maximum absolute atomic E-state index is 3.73. The minimum Gasteiger partial charge on any atom is -0.310 e. The van der Waals surface area contributed by atoms with Gasteiger partial charge in [-0.05, 0) is 167 Å². The van der Waals surface area contributed by atoms with Crippen LogP contribution in [0.4, 0.5) is 17.1 Å². The van der Waals surface area contributed by atoms with Crippen molar-refractivity contribution in [2.45, 2.75) is 17.3 Å². The minimum absolute atomic E-state index is 0.272. The Labute approximate surface area is 494 Å². The van der Waals surface area contributed by atoms with Crippen molar-refractivity contribution in [3.8, 4) is 33.4 Å². The van der Waals surface area contributed by atoms with Gasteiger partial charge in [0.2, 0.25) is 0 Å². The maximum Gasteiger partial charge on any atom is 0.0734 e. The van der Waals surface area contributed by atoms with E-state index in [1.54, 1.807) is 0 Å². The van der Waals surface area contributed by atoms with Gasteiger partial charge in [0.15, 0.2) is 0 Å². The molecule has 0 aliphatic heterocycles. The van der Waals surface area contributed by atoms with E-state index in [1.807, 2.05) is 0 Å². The van der Waals surface area contributed by atoms with Gasteiger partial charge in [-0.2, -0.15) is 0 Å². The van der Waals surface area contributed by atoms with E-state index in [1.165, 1.54) is 103 Å². The molecule has 15 rings (SSSR count). The molecule has 0 saturated carbocycles. The first-order chi connectivity index (χ1) is 39.0. The molecule has 1 nitrogen and oxygen atoms in total. The van der Waals surface area contributed by atoms with Crippen LogP contribution < -0.4 is 4.90 Å². The molecule has 378 valence electrons. The third-order valence-corrected chi connectivity index (χ3v) is 17.8. The maximum atomic E-state index is 3.73. The summed E-state index contributed by atoms with van der Waals surface area (Å²) >= 11 is 9.74. The number of anilines is 3. The van der Waals surface area contributed by atoms with Crippen LogP contribution in [0.1, 0.15) is 55.6 Å². The molecule has 0 N–H and O–H groups in total. The lowest BCUT2D eigenvalue weighted by atomic mass is 9.67. The van der Waals surface area contributed by atoms with Gasteiger partial charge in [0, 0.05) is 29.5 Å². The van der Waals surface area contributed by atoms with Crippen molar-refractivity contribution in [1.82, 2.24) is 0 Å². The van der Waals surface area contributed by atoms with Gasteiger partial charge in [0.05, 0.1) is 16.5 Å². The van der Waals surface area contributed by atoms with Gasteiger partial charge >= 0.3 is 0 Å². The first kappa shape index (κ1) is 50.6. The second-order valence-corrected chi connectivity index (χ2v) is 23.2. The fraction of sp³-hybridized carbons (Fsp3) is 0.0400. The van der Waals surface area contributed by atoms with E-state index < -0.39 is 5.41 Å². The molecule has 4 heteroatoms. The minimum atomic E-state index is -0.482. The lowest BCUT2D eigenvalue weighted by Crippen LogP contribution is -2.30. The number of fused-ring (bicyclic) bond motifs is 9. The highest BCUT2D eigenvalue weighted by molar-refractivity contribution is 14.1. The number of para-hydroxylation sites is 1. The molecule has 12 aromatic rings. The fourth-order valence-corrected chi connectivity index (χ4v) is 14.6. The highest BCUT2D eigenvalue weighted by atomic mass is 127. The zero-order valence-electron chi connectivity index (χ0n) is 43.2. The Hall–Kier alpha value is -7.87. The molecular formula is C75H52Br2IN. The van der Waals surface area contributed by atoms with Gasteiger partial charge in [-0.1, -0.05) is 281 Å². The molecule has 0 atom stereocenters. The number of rotatable bonds is 7. The molecule has 0 unspecified atom stereocenters. The molecule has 0 saturated heterocycles. The Morgan fingerprint density at radius 1 is 0.304 bits per heavy atom. The van der Waals surface area contributed by atoms with E-state index in [0.29, 0.717) is 0 Å². The quantitative estimate of drug-likeness (QED) is 0.144. The number of hydrogen-bond acceptors (Lipinski definition) is 1. The zero-order chi connectivity index (χ0) is 53.3. The predicted molar refractivity (Wildman–Crippen MR) is 345 cm³/mol. The van der Waals surface area contributed by atoms with Gasteiger partial charge < -0.3 is 4.90 Å². The fourth-order valence-electron chi connectivity index (χ4n) is 12.9. The van der Waals surface area contributed by atoms with Crippen molar-refractivity contribution in [3.63, 3.8) is 0 Å². The van der Waals surface area contributed by atoms with E-state index in [4.69, 9.17) is 0 Å². The Morgan fingerprint density at radius 3 is 1.27 bits per heavy atom. The second-order valence-electron chi connectivity index (χ2n) is 20.2. The van der Waals surface area contributed by atoms with Crippen LogP contribution in [0, 0.1) is 3.57 Å². The van der Waals surface area contributed by atoms with E-state index >= 15 is 0 Å². The zero-order valence-corrected chi connectivity index (χ0v) is 48.5. The Kier molecular flexibility index (Phi) is 13.9. The molecule has 0 spiro atoms. The SMILES string of the molecule is Brc1ccc2c(c1)Cc1ccccc1-2.Brc1cccc(N(c2ccccc2)c2cccc3c2C(c2ccccc2)(c2ccccc2)c2ccccc2-3)c1.Ic1cccc2c1C(c1ccccc1)(c1ccccc1)c1ccccc1-2. The van der Waals surface area contributed by atoms with E-state index in [9.17, 15) is 0 Å². The Bertz CT molecular complexity index is 4070. The largest absolute Gasteiger partial charge is 0.310 e. The monoisotopic (exact) mass is 1250 g/mol. The summed E-state index contributed by atoms with van der Waals surface area (Å²) in [5.74, 6) is 0. The smallest absolute Gasteiger partial charge is 0.0734 e. The van der Waals surface area contributed by atoms with Crippen LogP contribution in [0.5, 0.6) is 0 Å². The molecule has 0 radical (unpaired) electrons. The van der Waals surface area contributed by atoms with Crippen molar-refractivity contribution >= 4 is 71.5 Å². The van der Waals surface area contributed by atoms with Crippen LogP contribution in [-0.4, -0.2) is 0 Å². The summed E-state index contributed by atoms with van der Waals surface area (Å²) in [6.45, 7) is 0. The van der Waals surface area contributed by atoms with Gasteiger partial charge in [0.1, 0.15) is 0 Å². The Morgan fingerprint density at radius 2 is 0.709 bits per heavy atom. The summed E-state index contributed by atoms with van der Waals surface area (Å²) in [6, 6.07) is 109. The average molecular weight is 1250 g/mol. The lowest BCUT2D eigenvalue weighted by molar-refractivity contribution is 0.764. The van der Waals surface area contributed by atoms with Crippen molar-refractivity contribution in [1.29, 1.82) is 0 Å². The summed E-state index contributed by atoms with van der Waals surface area (Å²) in [7, 11) is 0. The molecule has 0 fully saturated rings. The molecule has 0 aromatic heterocycles. The highest BCUT2D eigenvalue weighted by Crippen LogP contribution is 2.61.